The van der Waals surface area contributed by atoms with Crippen molar-refractivity contribution in [3.05, 3.63) is 28.3 Å². The van der Waals surface area contributed by atoms with Crippen molar-refractivity contribution in [3.63, 3.8) is 0 Å². The molecule has 2 amide bonds. The van der Waals surface area contributed by atoms with Crippen LogP contribution in [-0.2, 0) is 9.59 Å². The van der Waals surface area contributed by atoms with Gasteiger partial charge in [-0.25, -0.2) is 0 Å². The maximum absolute atomic E-state index is 11.7. The second kappa shape index (κ2) is 6.31. The minimum absolute atomic E-state index is 0.0182. The first-order valence-electron chi connectivity index (χ1n) is 6.53. The molecule has 1 aromatic rings. The Kier molecular flexibility index (Phi) is 4.49. The van der Waals surface area contributed by atoms with Crippen LogP contribution in [0, 0.1) is 10.1 Å². The van der Waals surface area contributed by atoms with Crippen molar-refractivity contribution in [3.8, 4) is 0 Å². The first-order chi connectivity index (χ1) is 10.0. The van der Waals surface area contributed by atoms with Gasteiger partial charge < -0.3 is 10.4 Å². The fourth-order valence-electron chi connectivity index (χ4n) is 2.13. The molecule has 2 rings (SSSR count). The first-order valence-corrected chi connectivity index (χ1v) is 6.53. The van der Waals surface area contributed by atoms with Gasteiger partial charge in [0.1, 0.15) is 5.69 Å². The standard InChI is InChI=1S/C13H15N3O5/c17-7-1-6-14-10-3-2-9(8-11(10)16(20)21)15-12(18)4-5-13(15)19/h2-3,8,14,17H,1,4-7H2. The lowest BCUT2D eigenvalue weighted by Crippen LogP contribution is -2.28. The van der Waals surface area contributed by atoms with Crippen molar-refractivity contribution >= 4 is 28.9 Å². The van der Waals surface area contributed by atoms with E-state index >= 15 is 0 Å². The van der Waals surface area contributed by atoms with E-state index in [1.807, 2.05) is 0 Å². The zero-order valence-corrected chi connectivity index (χ0v) is 11.2. The number of anilines is 2. The molecule has 0 atom stereocenters. The number of hydrogen-bond acceptors (Lipinski definition) is 6. The van der Waals surface area contributed by atoms with Crippen LogP contribution >= 0.6 is 0 Å². The van der Waals surface area contributed by atoms with E-state index in [2.05, 4.69) is 5.32 Å². The minimum Gasteiger partial charge on any atom is -0.396 e. The zero-order valence-electron chi connectivity index (χ0n) is 11.2. The number of nitro groups is 1. The van der Waals surface area contributed by atoms with Crippen molar-refractivity contribution in [1.29, 1.82) is 0 Å². The molecule has 0 aliphatic carbocycles. The number of imide groups is 1. The van der Waals surface area contributed by atoms with Crippen molar-refractivity contribution < 1.29 is 19.6 Å². The van der Waals surface area contributed by atoms with Crippen LogP contribution < -0.4 is 10.2 Å². The van der Waals surface area contributed by atoms with Gasteiger partial charge in [0.2, 0.25) is 11.8 Å². The lowest BCUT2D eigenvalue weighted by atomic mass is 10.2. The number of nitro benzene ring substituents is 1. The van der Waals surface area contributed by atoms with Gasteiger partial charge >= 0.3 is 0 Å². The Balaban J connectivity index is 2.29. The molecule has 21 heavy (non-hydrogen) atoms. The molecule has 0 aromatic heterocycles. The van der Waals surface area contributed by atoms with E-state index in [1.54, 1.807) is 0 Å². The molecule has 8 nitrogen and oxygen atoms in total. The van der Waals surface area contributed by atoms with Gasteiger partial charge in [0.05, 0.1) is 10.6 Å². The highest BCUT2D eigenvalue weighted by Gasteiger charge is 2.31. The molecule has 1 aromatic carbocycles. The minimum atomic E-state index is -0.574. The van der Waals surface area contributed by atoms with Crippen molar-refractivity contribution in [2.24, 2.45) is 0 Å². The van der Waals surface area contributed by atoms with E-state index in [1.165, 1.54) is 18.2 Å². The molecule has 0 saturated carbocycles. The quantitative estimate of drug-likeness (QED) is 0.351. The van der Waals surface area contributed by atoms with E-state index in [4.69, 9.17) is 5.11 Å². The number of aliphatic hydroxyl groups is 1. The second-order valence-corrected chi connectivity index (χ2v) is 4.59. The molecule has 1 aliphatic rings. The fraction of sp³-hybridized carbons (Fsp3) is 0.385. The van der Waals surface area contributed by atoms with Gasteiger partial charge in [0, 0.05) is 32.1 Å². The Morgan fingerprint density at radius 3 is 2.52 bits per heavy atom. The smallest absolute Gasteiger partial charge is 0.294 e. The van der Waals surface area contributed by atoms with Crippen LogP contribution in [0.1, 0.15) is 19.3 Å². The van der Waals surface area contributed by atoms with Crippen molar-refractivity contribution in [2.45, 2.75) is 19.3 Å². The largest absolute Gasteiger partial charge is 0.396 e. The molecule has 1 aliphatic heterocycles. The molecule has 1 fully saturated rings. The average Bonchev–Trinajstić information content (AvgIpc) is 2.79. The van der Waals surface area contributed by atoms with E-state index in [0.29, 0.717) is 13.0 Å². The zero-order chi connectivity index (χ0) is 15.4. The summed E-state index contributed by atoms with van der Waals surface area (Å²) in [5.74, 6) is -0.703. The Bertz CT molecular complexity index is 571. The highest BCUT2D eigenvalue weighted by molar-refractivity contribution is 6.20. The number of aliphatic hydroxyl groups excluding tert-OH is 1. The fourth-order valence-corrected chi connectivity index (χ4v) is 2.13. The van der Waals surface area contributed by atoms with Crippen LogP contribution in [0.5, 0.6) is 0 Å². The third-order valence-corrected chi connectivity index (χ3v) is 3.14. The summed E-state index contributed by atoms with van der Waals surface area (Å²) >= 11 is 0. The van der Waals surface area contributed by atoms with E-state index in [-0.39, 0.29) is 48.3 Å². The molecule has 8 heteroatoms. The Morgan fingerprint density at radius 2 is 1.95 bits per heavy atom. The topological polar surface area (TPSA) is 113 Å². The van der Waals surface area contributed by atoms with Crippen molar-refractivity contribution in [2.75, 3.05) is 23.4 Å². The van der Waals surface area contributed by atoms with E-state index < -0.39 is 4.92 Å². The van der Waals surface area contributed by atoms with Crippen LogP contribution in [0.15, 0.2) is 18.2 Å². The van der Waals surface area contributed by atoms with Gasteiger partial charge in [0.15, 0.2) is 0 Å². The summed E-state index contributed by atoms with van der Waals surface area (Å²) in [6, 6.07) is 4.17. The molecule has 0 unspecified atom stereocenters. The Labute approximate surface area is 120 Å². The van der Waals surface area contributed by atoms with Crippen molar-refractivity contribution in [1.82, 2.24) is 0 Å². The summed E-state index contributed by atoms with van der Waals surface area (Å²) in [4.78, 5) is 34.8. The van der Waals surface area contributed by atoms with Crippen LogP contribution in [0.25, 0.3) is 0 Å². The van der Waals surface area contributed by atoms with Gasteiger partial charge in [-0.15, -0.1) is 0 Å². The van der Waals surface area contributed by atoms with E-state index in [9.17, 15) is 19.7 Å². The maximum Gasteiger partial charge on any atom is 0.294 e. The normalized spacial score (nSPS) is 14.6. The third kappa shape index (κ3) is 3.16. The van der Waals surface area contributed by atoms with Crippen LogP contribution in [0.4, 0.5) is 17.1 Å². The number of nitrogens with one attached hydrogen (secondary N) is 1. The predicted octanol–water partition coefficient (Wildman–Crippen LogP) is 1.04. The molecule has 0 radical (unpaired) electrons. The lowest BCUT2D eigenvalue weighted by Gasteiger charge is -2.15. The number of carbonyl (C=O) groups excluding carboxylic acids is 2. The Hall–Kier alpha value is -2.48. The molecular weight excluding hydrogens is 278 g/mol. The maximum atomic E-state index is 11.7. The highest BCUT2D eigenvalue weighted by Crippen LogP contribution is 2.32. The summed E-state index contributed by atoms with van der Waals surface area (Å²) < 4.78 is 0. The highest BCUT2D eigenvalue weighted by atomic mass is 16.6. The summed E-state index contributed by atoms with van der Waals surface area (Å²) in [6.45, 7) is 0.369. The molecule has 0 spiro atoms. The summed E-state index contributed by atoms with van der Waals surface area (Å²) in [7, 11) is 0. The molecule has 0 bridgehead atoms. The summed E-state index contributed by atoms with van der Waals surface area (Å²) in [6.07, 6.45) is 0.717. The third-order valence-electron chi connectivity index (χ3n) is 3.14. The second-order valence-electron chi connectivity index (χ2n) is 4.59. The van der Waals surface area contributed by atoms with Gasteiger partial charge in [-0.2, -0.15) is 0 Å². The van der Waals surface area contributed by atoms with Gasteiger partial charge in [-0.3, -0.25) is 24.6 Å². The SMILES string of the molecule is O=C1CCC(=O)N1c1ccc(NCCCO)c([N+](=O)[O-])c1. The summed E-state index contributed by atoms with van der Waals surface area (Å²) in [5.41, 5.74) is 0.288. The predicted molar refractivity (Wildman–Crippen MR) is 75.0 cm³/mol. The molecular formula is C13H15N3O5. The van der Waals surface area contributed by atoms with Crippen LogP contribution in [0.3, 0.4) is 0 Å². The van der Waals surface area contributed by atoms with Crippen LogP contribution in [-0.4, -0.2) is 35.0 Å². The van der Waals surface area contributed by atoms with Crippen LogP contribution in [0.2, 0.25) is 0 Å². The summed E-state index contributed by atoms with van der Waals surface area (Å²) in [5, 5.41) is 22.7. The number of amides is 2. The average molecular weight is 293 g/mol. The number of nitrogens with zero attached hydrogens (tertiary/aromatic N) is 2. The van der Waals surface area contributed by atoms with Gasteiger partial charge in [0.25, 0.3) is 5.69 Å². The monoisotopic (exact) mass is 293 g/mol. The number of hydrogen-bond donors (Lipinski definition) is 2. The number of carbonyl (C=O) groups is 2. The van der Waals surface area contributed by atoms with Gasteiger partial charge in [-0.05, 0) is 18.6 Å². The first kappa shape index (κ1) is 14.9. The molecule has 2 N–H and O–H groups in total. The molecule has 1 heterocycles. The number of rotatable bonds is 6. The number of benzene rings is 1. The Morgan fingerprint density at radius 1 is 1.29 bits per heavy atom. The molecule has 1 saturated heterocycles. The van der Waals surface area contributed by atoms with E-state index in [0.717, 1.165) is 4.90 Å². The van der Waals surface area contributed by atoms with Gasteiger partial charge in [-0.1, -0.05) is 0 Å². The molecule has 112 valence electrons. The lowest BCUT2D eigenvalue weighted by molar-refractivity contribution is -0.383.